The molecule has 3 N–H and O–H groups in total. The average Bonchev–Trinajstić information content (AvgIpc) is 3.42. The lowest BCUT2D eigenvalue weighted by molar-refractivity contribution is 0.102. The number of nitrogens with one attached hydrogen (secondary N) is 1. The SMILES string of the molecule is CCn1cc2c(N3CCC(N)(CC)CC3)cc(F)c(C(=O)Nc3cc(F)c4nc(C)cn4c3)c2n1. The molecule has 1 aliphatic rings. The maximum Gasteiger partial charge on any atom is 0.260 e. The number of aryl methyl sites for hydroxylation is 2. The van der Waals surface area contributed by atoms with E-state index in [2.05, 4.69) is 27.2 Å². The van der Waals surface area contributed by atoms with Crippen LogP contribution in [0.25, 0.3) is 16.6 Å². The maximum atomic E-state index is 15.5. The molecule has 5 rings (SSSR count). The zero-order chi connectivity index (χ0) is 24.9. The summed E-state index contributed by atoms with van der Waals surface area (Å²) in [5.41, 5.74) is 8.05. The molecule has 10 heteroatoms. The van der Waals surface area contributed by atoms with Crippen LogP contribution in [0.1, 0.15) is 49.2 Å². The zero-order valence-electron chi connectivity index (χ0n) is 20.1. The van der Waals surface area contributed by atoms with Gasteiger partial charge in [0.05, 0.1) is 17.1 Å². The number of hydrogen-bond acceptors (Lipinski definition) is 5. The fourth-order valence-electron chi connectivity index (χ4n) is 4.80. The number of benzene rings is 1. The normalized spacial score (nSPS) is 15.8. The Balaban J connectivity index is 1.52. The summed E-state index contributed by atoms with van der Waals surface area (Å²) < 4.78 is 33.2. The van der Waals surface area contributed by atoms with Crippen molar-refractivity contribution < 1.29 is 13.6 Å². The van der Waals surface area contributed by atoms with Gasteiger partial charge in [0.25, 0.3) is 5.91 Å². The molecule has 4 heterocycles. The summed E-state index contributed by atoms with van der Waals surface area (Å²) >= 11 is 0. The topological polar surface area (TPSA) is 93.5 Å². The first-order valence-electron chi connectivity index (χ1n) is 11.9. The highest BCUT2D eigenvalue weighted by atomic mass is 19.1. The van der Waals surface area contributed by atoms with Crippen molar-refractivity contribution in [2.45, 2.75) is 52.1 Å². The molecule has 0 saturated carbocycles. The molecule has 1 aromatic carbocycles. The number of anilines is 2. The molecular weight excluding hydrogens is 452 g/mol. The van der Waals surface area contributed by atoms with Crippen LogP contribution in [0, 0.1) is 18.6 Å². The van der Waals surface area contributed by atoms with Crippen molar-refractivity contribution in [2.24, 2.45) is 5.73 Å². The molecule has 0 aliphatic carbocycles. The molecule has 3 aromatic heterocycles. The number of carbonyl (C=O) groups is 1. The Kier molecular flexibility index (Phi) is 5.71. The van der Waals surface area contributed by atoms with Gasteiger partial charge in [0.2, 0.25) is 0 Å². The van der Waals surface area contributed by atoms with Crippen LogP contribution in [0.4, 0.5) is 20.2 Å². The Morgan fingerprint density at radius 2 is 1.89 bits per heavy atom. The van der Waals surface area contributed by atoms with E-state index in [-0.39, 0.29) is 28.0 Å². The third-order valence-corrected chi connectivity index (χ3v) is 7.02. The predicted molar refractivity (Wildman–Crippen MR) is 132 cm³/mol. The van der Waals surface area contributed by atoms with Gasteiger partial charge in [0.1, 0.15) is 16.9 Å². The first-order chi connectivity index (χ1) is 16.7. The number of nitrogens with two attached hydrogens (primary N) is 1. The van der Waals surface area contributed by atoms with Gasteiger partial charge in [-0.2, -0.15) is 5.10 Å². The minimum atomic E-state index is -0.693. The van der Waals surface area contributed by atoms with Crippen molar-refractivity contribution in [2.75, 3.05) is 23.3 Å². The van der Waals surface area contributed by atoms with E-state index in [9.17, 15) is 9.18 Å². The van der Waals surface area contributed by atoms with Gasteiger partial charge in [-0.25, -0.2) is 13.8 Å². The van der Waals surface area contributed by atoms with Gasteiger partial charge in [-0.15, -0.1) is 0 Å². The fraction of sp³-hybridized carbons (Fsp3) is 0.400. The predicted octanol–water partition coefficient (Wildman–Crippen LogP) is 4.25. The largest absolute Gasteiger partial charge is 0.371 e. The number of hydrogen-bond donors (Lipinski definition) is 2. The summed E-state index contributed by atoms with van der Waals surface area (Å²) in [6.45, 7) is 7.74. The number of amides is 1. The van der Waals surface area contributed by atoms with E-state index in [0.717, 1.165) is 19.3 Å². The Morgan fingerprint density at radius 1 is 1.14 bits per heavy atom. The monoisotopic (exact) mass is 481 g/mol. The molecule has 4 aromatic rings. The number of rotatable bonds is 5. The highest BCUT2D eigenvalue weighted by molar-refractivity contribution is 6.14. The molecule has 35 heavy (non-hydrogen) atoms. The second-order valence-corrected chi connectivity index (χ2v) is 9.35. The number of carbonyl (C=O) groups excluding carboxylic acids is 1. The molecule has 1 fully saturated rings. The van der Waals surface area contributed by atoms with E-state index in [0.29, 0.717) is 36.4 Å². The average molecular weight is 482 g/mol. The molecule has 1 amide bonds. The molecule has 0 unspecified atom stereocenters. The van der Waals surface area contributed by atoms with E-state index >= 15 is 4.39 Å². The summed E-state index contributed by atoms with van der Waals surface area (Å²) in [6.07, 6.45) is 7.54. The second kappa shape index (κ2) is 8.60. The van der Waals surface area contributed by atoms with Gasteiger partial charge >= 0.3 is 0 Å². The Bertz CT molecular complexity index is 1430. The number of aromatic nitrogens is 4. The van der Waals surface area contributed by atoms with Crippen LogP contribution in [-0.4, -0.2) is 43.7 Å². The highest BCUT2D eigenvalue weighted by Crippen LogP contribution is 2.35. The van der Waals surface area contributed by atoms with E-state index in [1.807, 2.05) is 13.1 Å². The van der Waals surface area contributed by atoms with Gasteiger partial charge < -0.3 is 20.4 Å². The standard InChI is InChI=1S/C25H29F2N7O/c1-4-25(28)6-8-32(9-7-25)20-11-18(26)21(22-17(20)14-34(5-2)31-22)24(35)30-16-10-19(27)23-29-15(3)12-33(23)13-16/h10-14H,4-9,28H2,1-3H3,(H,30,35). The molecular formula is C25H29F2N7O. The van der Waals surface area contributed by atoms with Gasteiger partial charge in [-0.3, -0.25) is 9.48 Å². The van der Waals surface area contributed by atoms with Crippen LogP contribution >= 0.6 is 0 Å². The van der Waals surface area contributed by atoms with Crippen molar-refractivity contribution in [1.82, 2.24) is 19.2 Å². The van der Waals surface area contributed by atoms with Crippen LogP contribution in [0.3, 0.4) is 0 Å². The molecule has 0 bridgehead atoms. The number of pyridine rings is 1. The van der Waals surface area contributed by atoms with E-state index in [1.165, 1.54) is 16.5 Å². The van der Waals surface area contributed by atoms with Crippen LogP contribution < -0.4 is 16.0 Å². The molecule has 0 atom stereocenters. The minimum Gasteiger partial charge on any atom is -0.371 e. The summed E-state index contributed by atoms with van der Waals surface area (Å²) in [4.78, 5) is 19.5. The van der Waals surface area contributed by atoms with Gasteiger partial charge in [0.15, 0.2) is 11.5 Å². The number of nitrogens with zero attached hydrogens (tertiary/aromatic N) is 5. The van der Waals surface area contributed by atoms with Gasteiger partial charge in [0, 0.05) is 55.2 Å². The number of halogens is 2. The van der Waals surface area contributed by atoms with Crippen LogP contribution in [0.5, 0.6) is 0 Å². The van der Waals surface area contributed by atoms with Crippen molar-refractivity contribution in [3.63, 3.8) is 0 Å². The van der Waals surface area contributed by atoms with Crippen molar-refractivity contribution in [1.29, 1.82) is 0 Å². The van der Waals surface area contributed by atoms with Crippen LogP contribution in [-0.2, 0) is 6.54 Å². The van der Waals surface area contributed by atoms with E-state index in [1.54, 1.807) is 24.0 Å². The van der Waals surface area contributed by atoms with Crippen molar-refractivity contribution >= 4 is 33.8 Å². The molecule has 1 aliphatic heterocycles. The highest BCUT2D eigenvalue weighted by Gasteiger charge is 2.31. The Labute approximate surface area is 201 Å². The van der Waals surface area contributed by atoms with Crippen molar-refractivity contribution in [3.8, 4) is 0 Å². The quantitative estimate of drug-likeness (QED) is 0.445. The number of piperidine rings is 1. The third kappa shape index (κ3) is 4.12. The lowest BCUT2D eigenvalue weighted by atomic mass is 9.86. The molecule has 1 saturated heterocycles. The number of fused-ring (bicyclic) bond motifs is 2. The second-order valence-electron chi connectivity index (χ2n) is 9.35. The third-order valence-electron chi connectivity index (χ3n) is 7.02. The summed E-state index contributed by atoms with van der Waals surface area (Å²) in [5, 5.41) is 7.83. The fourth-order valence-corrected chi connectivity index (χ4v) is 4.80. The summed E-state index contributed by atoms with van der Waals surface area (Å²) in [7, 11) is 0. The molecule has 0 radical (unpaired) electrons. The number of imidazole rings is 1. The summed E-state index contributed by atoms with van der Waals surface area (Å²) in [6, 6.07) is 2.58. The van der Waals surface area contributed by atoms with Crippen molar-refractivity contribution in [3.05, 3.63) is 53.6 Å². The first-order valence-corrected chi connectivity index (χ1v) is 11.9. The van der Waals surface area contributed by atoms with Crippen LogP contribution in [0.15, 0.2) is 30.7 Å². The summed E-state index contributed by atoms with van der Waals surface area (Å²) in [5.74, 6) is -1.95. The van der Waals surface area contributed by atoms with Crippen LogP contribution in [0.2, 0.25) is 0 Å². The molecule has 8 nitrogen and oxygen atoms in total. The van der Waals surface area contributed by atoms with Gasteiger partial charge in [-0.1, -0.05) is 6.92 Å². The van der Waals surface area contributed by atoms with E-state index < -0.39 is 17.5 Å². The van der Waals surface area contributed by atoms with Gasteiger partial charge in [-0.05, 0) is 39.2 Å². The Hall–Kier alpha value is -3.53. The van der Waals surface area contributed by atoms with E-state index in [4.69, 9.17) is 5.73 Å². The smallest absolute Gasteiger partial charge is 0.260 e. The zero-order valence-corrected chi connectivity index (χ0v) is 20.1. The maximum absolute atomic E-state index is 15.5. The Morgan fingerprint density at radius 3 is 2.57 bits per heavy atom. The minimum absolute atomic E-state index is 0.159. The molecule has 184 valence electrons. The lowest BCUT2D eigenvalue weighted by Gasteiger charge is -2.40. The molecule has 0 spiro atoms. The first kappa shape index (κ1) is 23.2. The lowest BCUT2D eigenvalue weighted by Crippen LogP contribution is -2.50.